The van der Waals surface area contributed by atoms with Crippen molar-refractivity contribution >= 4 is 15.9 Å². The minimum absolute atomic E-state index is 0.00309. The summed E-state index contributed by atoms with van der Waals surface area (Å²) in [5.41, 5.74) is 0.0186. The van der Waals surface area contributed by atoms with Crippen molar-refractivity contribution in [3.63, 3.8) is 0 Å². The summed E-state index contributed by atoms with van der Waals surface area (Å²) in [5.74, 6) is 0.515. The van der Waals surface area contributed by atoms with Crippen LogP contribution in [0.5, 0.6) is 5.75 Å². The van der Waals surface area contributed by atoms with Gasteiger partial charge in [-0.05, 0) is 61.9 Å². The van der Waals surface area contributed by atoms with E-state index < -0.39 is 21.8 Å². The molecule has 2 aromatic rings. The van der Waals surface area contributed by atoms with Crippen molar-refractivity contribution in [1.29, 1.82) is 0 Å². The van der Waals surface area contributed by atoms with Crippen LogP contribution in [0, 0.1) is 5.92 Å². The lowest BCUT2D eigenvalue weighted by atomic mass is 9.94. The van der Waals surface area contributed by atoms with Gasteiger partial charge in [0.05, 0.1) is 16.4 Å². The highest BCUT2D eigenvalue weighted by Gasteiger charge is 2.44. The van der Waals surface area contributed by atoms with E-state index in [9.17, 15) is 26.4 Å². The summed E-state index contributed by atoms with van der Waals surface area (Å²) >= 11 is 0. The molecule has 188 valence electrons. The average molecular weight is 509 g/mol. The molecule has 1 saturated heterocycles. The number of fused-ring (bicyclic) bond motifs is 1. The third-order valence-electron chi connectivity index (χ3n) is 7.01. The van der Waals surface area contributed by atoms with Gasteiger partial charge in [0.25, 0.3) is 0 Å². The number of carbonyl (C=O) groups excluding carboxylic acids is 1. The molecule has 2 fully saturated rings. The lowest BCUT2D eigenvalue weighted by Gasteiger charge is -2.39. The molecule has 2 heterocycles. The van der Waals surface area contributed by atoms with Gasteiger partial charge < -0.3 is 9.64 Å². The molecule has 1 saturated carbocycles. The Balaban J connectivity index is 1.28. The molecule has 5 rings (SSSR count). The summed E-state index contributed by atoms with van der Waals surface area (Å²) in [5, 5.41) is 0. The first kappa shape index (κ1) is 24.1. The van der Waals surface area contributed by atoms with Gasteiger partial charge in [-0.15, -0.1) is 0 Å². The van der Waals surface area contributed by atoms with E-state index in [1.54, 1.807) is 4.90 Å². The van der Waals surface area contributed by atoms with Crippen molar-refractivity contribution in [2.75, 3.05) is 19.7 Å². The number of hydrogen-bond donors (Lipinski definition) is 0. The lowest BCUT2D eigenvalue weighted by Crippen LogP contribution is -2.51. The SMILES string of the molecule is O=C(C1COc2ccccc2C1)N1CCC(N(C2CC2)S(=O)(=O)c2cccc(C(F)(F)F)c2)CC1. The number of nitrogens with zero attached hydrogens (tertiary/aromatic N) is 2. The van der Waals surface area contributed by atoms with Gasteiger partial charge in [-0.3, -0.25) is 4.79 Å². The topological polar surface area (TPSA) is 66.9 Å². The van der Waals surface area contributed by atoms with E-state index in [-0.39, 0.29) is 28.8 Å². The number of carbonyl (C=O) groups is 1. The Morgan fingerprint density at radius 3 is 2.34 bits per heavy atom. The van der Waals surface area contributed by atoms with Gasteiger partial charge in [-0.25, -0.2) is 8.42 Å². The lowest BCUT2D eigenvalue weighted by molar-refractivity contribution is -0.138. The molecule has 1 atom stereocenters. The van der Waals surface area contributed by atoms with E-state index in [2.05, 4.69) is 0 Å². The Bertz CT molecular complexity index is 1210. The normalized spacial score (nSPS) is 21.5. The molecule has 0 N–H and O–H groups in total. The van der Waals surface area contributed by atoms with Crippen molar-refractivity contribution in [1.82, 2.24) is 9.21 Å². The fourth-order valence-electron chi connectivity index (χ4n) is 5.06. The summed E-state index contributed by atoms with van der Waals surface area (Å²) in [6.07, 6.45) is -1.74. The Hall–Kier alpha value is -2.59. The molecule has 0 spiro atoms. The average Bonchev–Trinajstić information content (AvgIpc) is 3.68. The summed E-state index contributed by atoms with van der Waals surface area (Å²) in [6, 6.07) is 11.0. The van der Waals surface area contributed by atoms with Crippen LogP contribution in [0.2, 0.25) is 0 Å². The molecule has 1 unspecified atom stereocenters. The standard InChI is InChI=1S/C25H27F3N2O4S/c26-25(27,28)19-5-3-6-22(15-19)35(32,33)30(20-8-9-20)21-10-12-29(13-11-21)24(31)18-14-17-4-1-2-7-23(17)34-16-18/h1-7,15,18,20-21H,8-14,16H2. The molecule has 0 radical (unpaired) electrons. The third kappa shape index (κ3) is 4.91. The highest BCUT2D eigenvalue weighted by molar-refractivity contribution is 7.89. The predicted octanol–water partition coefficient (Wildman–Crippen LogP) is 4.10. The molecule has 35 heavy (non-hydrogen) atoms. The van der Waals surface area contributed by atoms with Gasteiger partial charge in [0, 0.05) is 25.2 Å². The molecule has 2 aromatic carbocycles. The number of piperidine rings is 1. The van der Waals surface area contributed by atoms with Crippen LogP contribution in [0.15, 0.2) is 53.4 Å². The number of likely N-dealkylation sites (tertiary alicyclic amines) is 1. The Labute approximate surface area is 202 Å². The number of hydrogen-bond acceptors (Lipinski definition) is 4. The van der Waals surface area contributed by atoms with Crippen LogP contribution in [0.25, 0.3) is 0 Å². The van der Waals surface area contributed by atoms with Crippen molar-refractivity contribution in [2.45, 2.75) is 55.3 Å². The molecule has 0 aromatic heterocycles. The minimum Gasteiger partial charge on any atom is -0.492 e. The number of benzene rings is 2. The Morgan fingerprint density at radius 2 is 1.66 bits per heavy atom. The number of amides is 1. The number of alkyl halides is 3. The van der Waals surface area contributed by atoms with Crippen molar-refractivity contribution in [2.24, 2.45) is 5.92 Å². The zero-order chi connectivity index (χ0) is 24.8. The predicted molar refractivity (Wildman–Crippen MR) is 122 cm³/mol. The van der Waals surface area contributed by atoms with E-state index >= 15 is 0 Å². The molecule has 0 bridgehead atoms. The second-order valence-corrected chi connectivity index (χ2v) is 11.3. The van der Waals surface area contributed by atoms with E-state index in [0.717, 1.165) is 23.4 Å². The van der Waals surface area contributed by atoms with E-state index in [1.165, 1.54) is 10.4 Å². The van der Waals surface area contributed by atoms with Crippen LogP contribution in [-0.4, -0.2) is 55.3 Å². The van der Waals surface area contributed by atoms with Gasteiger partial charge in [-0.1, -0.05) is 24.3 Å². The largest absolute Gasteiger partial charge is 0.492 e. The van der Waals surface area contributed by atoms with E-state index in [1.807, 2.05) is 24.3 Å². The first-order valence-electron chi connectivity index (χ1n) is 11.8. The van der Waals surface area contributed by atoms with Crippen LogP contribution in [0.1, 0.15) is 36.8 Å². The molecule has 1 aliphatic carbocycles. The third-order valence-corrected chi connectivity index (χ3v) is 9.01. The summed E-state index contributed by atoms with van der Waals surface area (Å²) in [7, 11) is -4.10. The molecule has 6 nitrogen and oxygen atoms in total. The summed E-state index contributed by atoms with van der Waals surface area (Å²) < 4.78 is 73.6. The van der Waals surface area contributed by atoms with E-state index in [0.29, 0.717) is 57.9 Å². The number of rotatable bonds is 5. The smallest absolute Gasteiger partial charge is 0.416 e. The molecule has 10 heteroatoms. The monoisotopic (exact) mass is 508 g/mol. The van der Waals surface area contributed by atoms with Gasteiger partial charge in [0.1, 0.15) is 12.4 Å². The minimum atomic E-state index is -4.62. The Kier molecular flexibility index (Phi) is 6.29. The van der Waals surface area contributed by atoms with E-state index in [4.69, 9.17) is 4.74 Å². The summed E-state index contributed by atoms with van der Waals surface area (Å²) in [6.45, 7) is 1.12. The second kappa shape index (κ2) is 9.13. The van der Waals surface area contributed by atoms with Crippen LogP contribution in [-0.2, 0) is 27.4 Å². The first-order valence-corrected chi connectivity index (χ1v) is 13.3. The van der Waals surface area contributed by atoms with Gasteiger partial charge in [0.2, 0.25) is 15.9 Å². The maximum absolute atomic E-state index is 13.4. The number of halogens is 3. The Morgan fingerprint density at radius 1 is 0.971 bits per heavy atom. The van der Waals surface area contributed by atoms with Gasteiger partial charge in [0.15, 0.2) is 0 Å². The zero-order valence-electron chi connectivity index (χ0n) is 19.1. The van der Waals surface area contributed by atoms with Crippen LogP contribution in [0.3, 0.4) is 0 Å². The van der Waals surface area contributed by atoms with Crippen molar-refractivity contribution in [3.8, 4) is 5.75 Å². The molecule has 3 aliphatic rings. The number of ether oxygens (including phenoxy) is 1. The number of sulfonamides is 1. The second-order valence-electron chi connectivity index (χ2n) is 9.47. The van der Waals surface area contributed by atoms with Crippen molar-refractivity contribution in [3.05, 3.63) is 59.7 Å². The maximum Gasteiger partial charge on any atom is 0.416 e. The van der Waals surface area contributed by atoms with Gasteiger partial charge in [-0.2, -0.15) is 17.5 Å². The van der Waals surface area contributed by atoms with Crippen LogP contribution >= 0.6 is 0 Å². The van der Waals surface area contributed by atoms with Gasteiger partial charge >= 0.3 is 6.18 Å². The van der Waals surface area contributed by atoms with Crippen LogP contribution in [0.4, 0.5) is 13.2 Å². The van der Waals surface area contributed by atoms with Crippen molar-refractivity contribution < 1.29 is 31.1 Å². The maximum atomic E-state index is 13.4. The molecular weight excluding hydrogens is 481 g/mol. The summed E-state index contributed by atoms with van der Waals surface area (Å²) in [4.78, 5) is 14.6. The fraction of sp³-hybridized carbons (Fsp3) is 0.480. The zero-order valence-corrected chi connectivity index (χ0v) is 19.9. The quantitative estimate of drug-likeness (QED) is 0.610. The number of para-hydroxylation sites is 1. The first-order chi connectivity index (χ1) is 16.6. The molecule has 2 aliphatic heterocycles. The highest BCUT2D eigenvalue weighted by atomic mass is 32.2. The van der Waals surface area contributed by atoms with Crippen LogP contribution < -0.4 is 4.74 Å². The molecule has 1 amide bonds. The molecular formula is C25H27F3N2O4S. The highest BCUT2D eigenvalue weighted by Crippen LogP contribution is 2.38. The fourth-order valence-corrected chi connectivity index (χ4v) is 7.04.